The topological polar surface area (TPSA) is 85.1 Å². The minimum absolute atomic E-state index is 0.0612. The van der Waals surface area contributed by atoms with E-state index in [4.69, 9.17) is 28.9 Å². The molecule has 2 rings (SSSR count). The van der Waals surface area contributed by atoms with Crippen molar-refractivity contribution in [2.24, 2.45) is 0 Å². The van der Waals surface area contributed by atoms with E-state index in [1.54, 1.807) is 18.2 Å². The van der Waals surface area contributed by atoms with Crippen molar-refractivity contribution in [3.05, 3.63) is 45.0 Å². The Morgan fingerprint density at radius 3 is 2.55 bits per heavy atom. The van der Waals surface area contributed by atoms with Crippen LogP contribution in [0, 0.1) is 0 Å². The number of pyridine rings is 1. The smallest absolute Gasteiger partial charge is 0.263 e. The summed E-state index contributed by atoms with van der Waals surface area (Å²) < 4.78 is 27.5. The van der Waals surface area contributed by atoms with Gasteiger partial charge in [-0.15, -0.1) is 0 Å². The van der Waals surface area contributed by atoms with Crippen molar-refractivity contribution in [3.63, 3.8) is 0 Å². The number of nitrogens with zero attached hydrogens (tertiary/aromatic N) is 1. The first-order valence-electron chi connectivity index (χ1n) is 5.18. The van der Waals surface area contributed by atoms with Crippen molar-refractivity contribution in [2.45, 2.75) is 4.90 Å². The molecule has 2 aromatic rings. The number of nitrogens with one attached hydrogen (secondary N) is 1. The van der Waals surface area contributed by atoms with Crippen molar-refractivity contribution in [1.29, 1.82) is 0 Å². The molecule has 0 unspecified atom stereocenters. The van der Waals surface area contributed by atoms with E-state index in [1.165, 1.54) is 6.07 Å². The fourth-order valence-corrected chi connectivity index (χ4v) is 3.21. The quantitative estimate of drug-likeness (QED) is 0.830. The number of hydrogen-bond donors (Lipinski definition) is 2. The average Bonchev–Trinajstić information content (AvgIpc) is 2.36. The monoisotopic (exact) mass is 395 g/mol. The first-order chi connectivity index (χ1) is 9.29. The molecule has 1 heterocycles. The second kappa shape index (κ2) is 5.77. The summed E-state index contributed by atoms with van der Waals surface area (Å²) in [6, 6.07) is 6.03. The molecule has 9 heteroatoms. The molecule has 0 saturated carbocycles. The van der Waals surface area contributed by atoms with Crippen molar-refractivity contribution < 1.29 is 8.42 Å². The van der Waals surface area contributed by atoms with E-state index < -0.39 is 10.0 Å². The van der Waals surface area contributed by atoms with Gasteiger partial charge in [-0.05, 0) is 24.3 Å². The fraction of sp³-hybridized carbons (Fsp3) is 0. The summed E-state index contributed by atoms with van der Waals surface area (Å²) in [5.74, 6) is 0.0612. The first-order valence-corrected chi connectivity index (χ1v) is 8.22. The van der Waals surface area contributed by atoms with Crippen LogP contribution in [0.3, 0.4) is 0 Å². The molecule has 1 aromatic carbocycles. The summed E-state index contributed by atoms with van der Waals surface area (Å²) in [6.45, 7) is 0. The SMILES string of the molecule is Nc1ncc(S(=O)(=O)Nc2cc(Br)ccc2Cl)cc1Cl. The number of nitrogens with two attached hydrogens (primary N) is 1. The molecule has 0 radical (unpaired) electrons. The van der Waals surface area contributed by atoms with Gasteiger partial charge in [0.1, 0.15) is 10.7 Å². The normalized spacial score (nSPS) is 11.3. The second-order valence-corrected chi connectivity index (χ2v) is 7.18. The summed E-state index contributed by atoms with van der Waals surface area (Å²) in [7, 11) is -3.85. The summed E-state index contributed by atoms with van der Waals surface area (Å²) in [5.41, 5.74) is 5.69. The summed E-state index contributed by atoms with van der Waals surface area (Å²) in [6.07, 6.45) is 1.12. The van der Waals surface area contributed by atoms with Gasteiger partial charge in [0.2, 0.25) is 0 Å². The van der Waals surface area contributed by atoms with E-state index in [9.17, 15) is 8.42 Å². The zero-order valence-corrected chi connectivity index (χ0v) is 13.7. The molecule has 20 heavy (non-hydrogen) atoms. The molecule has 0 spiro atoms. The largest absolute Gasteiger partial charge is 0.382 e. The van der Waals surface area contributed by atoms with Crippen LogP contribution >= 0.6 is 39.1 Å². The molecule has 0 aliphatic carbocycles. The van der Waals surface area contributed by atoms with E-state index in [-0.39, 0.29) is 26.4 Å². The van der Waals surface area contributed by atoms with Gasteiger partial charge in [-0.1, -0.05) is 39.1 Å². The number of sulfonamides is 1. The molecule has 0 saturated heterocycles. The van der Waals surface area contributed by atoms with Gasteiger partial charge in [-0.2, -0.15) is 0 Å². The number of rotatable bonds is 3. The maximum absolute atomic E-state index is 12.2. The van der Waals surface area contributed by atoms with Gasteiger partial charge in [0.25, 0.3) is 10.0 Å². The second-order valence-electron chi connectivity index (χ2n) is 3.77. The van der Waals surface area contributed by atoms with Crippen molar-refractivity contribution in [2.75, 3.05) is 10.5 Å². The highest BCUT2D eigenvalue weighted by Gasteiger charge is 2.17. The molecule has 0 aliphatic rings. The van der Waals surface area contributed by atoms with E-state index in [2.05, 4.69) is 25.6 Å². The number of anilines is 2. The number of halogens is 3. The molecule has 106 valence electrons. The molecule has 0 fully saturated rings. The molecule has 0 aliphatic heterocycles. The van der Waals surface area contributed by atoms with E-state index >= 15 is 0 Å². The molecule has 5 nitrogen and oxygen atoms in total. The van der Waals surface area contributed by atoms with Crippen LogP contribution in [-0.4, -0.2) is 13.4 Å². The molecule has 1 aromatic heterocycles. The van der Waals surface area contributed by atoms with Gasteiger partial charge in [0.15, 0.2) is 0 Å². The van der Waals surface area contributed by atoms with Crippen LogP contribution < -0.4 is 10.5 Å². The summed E-state index contributed by atoms with van der Waals surface area (Å²) in [5, 5.41) is 0.333. The van der Waals surface area contributed by atoms with Crippen molar-refractivity contribution in [1.82, 2.24) is 4.98 Å². The molecule has 0 atom stereocenters. The number of nitrogen functional groups attached to an aromatic ring is 1. The number of aromatic nitrogens is 1. The van der Waals surface area contributed by atoms with Gasteiger partial charge in [0.05, 0.1) is 15.7 Å². The predicted molar refractivity (Wildman–Crippen MR) is 83.6 cm³/mol. The van der Waals surface area contributed by atoms with Gasteiger partial charge < -0.3 is 5.73 Å². The van der Waals surface area contributed by atoms with Crippen LogP contribution in [0.4, 0.5) is 11.5 Å². The maximum Gasteiger partial charge on any atom is 0.263 e. The lowest BCUT2D eigenvalue weighted by Crippen LogP contribution is -2.14. The summed E-state index contributed by atoms with van der Waals surface area (Å²) in [4.78, 5) is 3.61. The molecule has 0 bridgehead atoms. The van der Waals surface area contributed by atoms with E-state index in [1.807, 2.05) is 0 Å². The third-order valence-electron chi connectivity index (χ3n) is 2.33. The maximum atomic E-state index is 12.2. The van der Waals surface area contributed by atoms with Crippen LogP contribution in [0.25, 0.3) is 0 Å². The van der Waals surface area contributed by atoms with Gasteiger partial charge in [-0.3, -0.25) is 4.72 Å². The Balaban J connectivity index is 2.40. The third-order valence-corrected chi connectivity index (χ3v) is 4.79. The van der Waals surface area contributed by atoms with Crippen LogP contribution in [0.1, 0.15) is 0 Å². The Labute approximate surface area is 134 Å². The van der Waals surface area contributed by atoms with Gasteiger partial charge in [-0.25, -0.2) is 13.4 Å². The van der Waals surface area contributed by atoms with Crippen LogP contribution in [0.2, 0.25) is 10.0 Å². The number of hydrogen-bond acceptors (Lipinski definition) is 4. The molecule has 0 amide bonds. The van der Waals surface area contributed by atoms with Gasteiger partial charge >= 0.3 is 0 Å². The Kier molecular flexibility index (Phi) is 4.43. The van der Waals surface area contributed by atoms with E-state index in [0.29, 0.717) is 4.47 Å². The highest BCUT2D eigenvalue weighted by Crippen LogP contribution is 2.28. The lowest BCUT2D eigenvalue weighted by atomic mass is 10.3. The van der Waals surface area contributed by atoms with Crippen LogP contribution in [0.5, 0.6) is 0 Å². The molecule has 3 N–H and O–H groups in total. The Bertz CT molecular complexity index is 768. The lowest BCUT2D eigenvalue weighted by molar-refractivity contribution is 0.601. The minimum Gasteiger partial charge on any atom is -0.382 e. The zero-order chi connectivity index (χ0) is 14.9. The van der Waals surface area contributed by atoms with Crippen molar-refractivity contribution >= 4 is 60.7 Å². The predicted octanol–water partition coefficient (Wildman–Crippen LogP) is 3.53. The lowest BCUT2D eigenvalue weighted by Gasteiger charge is -2.10. The average molecular weight is 397 g/mol. The highest BCUT2D eigenvalue weighted by atomic mass is 79.9. The van der Waals surface area contributed by atoms with Gasteiger partial charge in [0, 0.05) is 10.7 Å². The number of benzene rings is 1. The Morgan fingerprint density at radius 2 is 1.90 bits per heavy atom. The first kappa shape index (κ1) is 15.4. The summed E-state index contributed by atoms with van der Waals surface area (Å²) >= 11 is 14.9. The van der Waals surface area contributed by atoms with Crippen LogP contribution in [-0.2, 0) is 10.0 Å². The Morgan fingerprint density at radius 1 is 1.20 bits per heavy atom. The highest BCUT2D eigenvalue weighted by molar-refractivity contribution is 9.10. The van der Waals surface area contributed by atoms with E-state index in [0.717, 1.165) is 6.20 Å². The van der Waals surface area contributed by atoms with Crippen LogP contribution in [0.15, 0.2) is 39.8 Å². The third kappa shape index (κ3) is 3.35. The zero-order valence-electron chi connectivity index (χ0n) is 9.77. The standard InChI is InChI=1S/C11H8BrCl2N3O2S/c12-6-1-2-8(13)10(3-6)17-20(18,19)7-4-9(14)11(15)16-5-7/h1-5,17H,(H2,15,16). The van der Waals surface area contributed by atoms with Crippen molar-refractivity contribution in [3.8, 4) is 0 Å². The molecular weight excluding hydrogens is 389 g/mol. The minimum atomic E-state index is -3.85. The fourth-order valence-electron chi connectivity index (χ4n) is 1.36. The Hall–Kier alpha value is -1.02. The molecular formula is C11H8BrCl2N3O2S.